The Balaban J connectivity index is 2.23. The first-order valence-corrected chi connectivity index (χ1v) is 5.12. The molecular formula is C11H11FN2O3. The summed E-state index contributed by atoms with van der Waals surface area (Å²) in [6.07, 6.45) is 2.07. The third-order valence-electron chi connectivity index (χ3n) is 2.78. The van der Waals surface area contributed by atoms with Crippen LogP contribution in [0.15, 0.2) is 12.3 Å². The molecule has 5 nitrogen and oxygen atoms in total. The highest BCUT2D eigenvalue weighted by Gasteiger charge is 2.36. The van der Waals surface area contributed by atoms with Crippen LogP contribution in [0.3, 0.4) is 0 Å². The van der Waals surface area contributed by atoms with Crippen molar-refractivity contribution in [1.82, 2.24) is 4.98 Å². The summed E-state index contributed by atoms with van der Waals surface area (Å²) >= 11 is 0. The van der Waals surface area contributed by atoms with Gasteiger partial charge in [-0.1, -0.05) is 0 Å². The van der Waals surface area contributed by atoms with E-state index in [1.807, 2.05) is 0 Å². The molecule has 17 heavy (non-hydrogen) atoms. The van der Waals surface area contributed by atoms with Crippen LogP contribution in [0.4, 0.5) is 10.2 Å². The summed E-state index contributed by atoms with van der Waals surface area (Å²) in [5, 5.41) is 0. The largest absolute Gasteiger partial charge is 0.467 e. The van der Waals surface area contributed by atoms with Crippen molar-refractivity contribution in [3.63, 3.8) is 0 Å². The molecule has 1 saturated heterocycles. The first kappa shape index (κ1) is 11.5. The first-order chi connectivity index (χ1) is 8.17. The molecule has 1 fully saturated rings. The van der Waals surface area contributed by atoms with E-state index in [9.17, 15) is 14.0 Å². The van der Waals surface area contributed by atoms with E-state index in [4.69, 9.17) is 0 Å². The number of nitrogens with zero attached hydrogens (tertiary/aromatic N) is 2. The number of anilines is 1. The van der Waals surface area contributed by atoms with Crippen molar-refractivity contribution >= 4 is 18.1 Å². The summed E-state index contributed by atoms with van der Waals surface area (Å²) in [4.78, 5) is 27.5. The van der Waals surface area contributed by atoms with Gasteiger partial charge in [-0.2, -0.15) is 0 Å². The number of rotatable bonds is 3. The van der Waals surface area contributed by atoms with Crippen molar-refractivity contribution in [2.75, 3.05) is 18.6 Å². The van der Waals surface area contributed by atoms with Crippen LogP contribution in [-0.2, 0) is 9.53 Å². The van der Waals surface area contributed by atoms with Gasteiger partial charge in [-0.15, -0.1) is 0 Å². The van der Waals surface area contributed by atoms with Crippen LogP contribution in [0.2, 0.25) is 0 Å². The van der Waals surface area contributed by atoms with Gasteiger partial charge in [-0.25, -0.2) is 14.2 Å². The van der Waals surface area contributed by atoms with E-state index in [2.05, 4.69) is 9.72 Å². The lowest BCUT2D eigenvalue weighted by Crippen LogP contribution is -2.53. The smallest absolute Gasteiger partial charge is 0.328 e. The minimum absolute atomic E-state index is 0.0643. The maximum Gasteiger partial charge on any atom is 0.328 e. The van der Waals surface area contributed by atoms with E-state index < -0.39 is 11.9 Å². The standard InChI is InChI=1S/C11H11FN2O3/c1-17-11(16)9-2-3-14(9)10-4-7(6-15)8(12)5-13-10/h4-6,9H,2-3H2,1H3. The molecule has 0 spiro atoms. The third kappa shape index (κ3) is 1.98. The average molecular weight is 238 g/mol. The highest BCUT2D eigenvalue weighted by molar-refractivity contribution is 5.82. The quantitative estimate of drug-likeness (QED) is 0.575. The molecule has 90 valence electrons. The minimum atomic E-state index is -0.668. The van der Waals surface area contributed by atoms with Crippen LogP contribution in [0, 0.1) is 5.82 Å². The monoisotopic (exact) mass is 238 g/mol. The van der Waals surface area contributed by atoms with Crippen molar-refractivity contribution in [2.45, 2.75) is 12.5 Å². The van der Waals surface area contributed by atoms with Gasteiger partial charge in [-0.3, -0.25) is 4.79 Å². The Morgan fingerprint density at radius 2 is 2.47 bits per heavy atom. The number of carbonyl (C=O) groups excluding carboxylic acids is 2. The molecule has 1 aliphatic heterocycles. The molecular weight excluding hydrogens is 227 g/mol. The Morgan fingerprint density at radius 3 is 3.00 bits per heavy atom. The number of esters is 1. The fraction of sp³-hybridized carbons (Fsp3) is 0.364. The number of methoxy groups -OCH3 is 1. The van der Waals surface area contributed by atoms with Crippen molar-refractivity contribution in [3.05, 3.63) is 23.6 Å². The second-order valence-corrected chi connectivity index (χ2v) is 3.70. The topological polar surface area (TPSA) is 59.5 Å². The van der Waals surface area contributed by atoms with Crippen molar-refractivity contribution in [2.24, 2.45) is 0 Å². The molecule has 1 atom stereocenters. The predicted octanol–water partition coefficient (Wildman–Crippen LogP) is 0.785. The van der Waals surface area contributed by atoms with Crippen molar-refractivity contribution in [1.29, 1.82) is 0 Å². The molecule has 1 aromatic rings. The van der Waals surface area contributed by atoms with E-state index in [-0.39, 0.29) is 11.5 Å². The summed E-state index contributed by atoms with van der Waals surface area (Å²) in [6, 6.07) is 0.940. The number of halogens is 1. The van der Waals surface area contributed by atoms with Gasteiger partial charge in [0.2, 0.25) is 0 Å². The first-order valence-electron chi connectivity index (χ1n) is 5.12. The molecule has 0 bridgehead atoms. The molecule has 1 unspecified atom stereocenters. The Hall–Kier alpha value is -1.98. The number of pyridine rings is 1. The lowest BCUT2D eigenvalue weighted by atomic mass is 10.0. The van der Waals surface area contributed by atoms with Gasteiger partial charge in [-0.05, 0) is 12.5 Å². The number of hydrogen-bond acceptors (Lipinski definition) is 5. The van der Waals surface area contributed by atoms with E-state index in [0.29, 0.717) is 25.1 Å². The van der Waals surface area contributed by atoms with Gasteiger partial charge in [0, 0.05) is 6.54 Å². The summed E-state index contributed by atoms with van der Waals surface area (Å²) in [5.74, 6) is -0.607. The van der Waals surface area contributed by atoms with E-state index >= 15 is 0 Å². The minimum Gasteiger partial charge on any atom is -0.467 e. The maximum atomic E-state index is 13.1. The fourth-order valence-electron chi connectivity index (χ4n) is 1.73. The van der Waals surface area contributed by atoms with E-state index in [1.165, 1.54) is 13.2 Å². The molecule has 1 aromatic heterocycles. The van der Waals surface area contributed by atoms with Gasteiger partial charge in [0.15, 0.2) is 12.1 Å². The molecule has 1 aliphatic rings. The zero-order chi connectivity index (χ0) is 12.4. The predicted molar refractivity (Wildman–Crippen MR) is 57.3 cm³/mol. The molecule has 0 aliphatic carbocycles. The number of aromatic nitrogens is 1. The molecule has 0 radical (unpaired) electrons. The second-order valence-electron chi connectivity index (χ2n) is 3.70. The summed E-state index contributed by atoms with van der Waals surface area (Å²) in [7, 11) is 1.31. The van der Waals surface area contributed by atoms with Crippen LogP contribution in [0.25, 0.3) is 0 Å². The van der Waals surface area contributed by atoms with Gasteiger partial charge in [0.05, 0.1) is 18.9 Å². The van der Waals surface area contributed by atoms with Gasteiger partial charge < -0.3 is 9.64 Å². The number of hydrogen-bond donors (Lipinski definition) is 0. The van der Waals surface area contributed by atoms with Gasteiger partial charge in [0.25, 0.3) is 0 Å². The van der Waals surface area contributed by atoms with E-state index in [1.54, 1.807) is 4.90 Å². The number of aldehydes is 1. The molecule has 0 amide bonds. The van der Waals surface area contributed by atoms with Crippen LogP contribution in [0.5, 0.6) is 0 Å². The summed E-state index contributed by atoms with van der Waals surface area (Å²) < 4.78 is 17.7. The van der Waals surface area contributed by atoms with Crippen LogP contribution < -0.4 is 4.90 Å². The fourth-order valence-corrected chi connectivity index (χ4v) is 1.73. The molecule has 2 rings (SSSR count). The second kappa shape index (κ2) is 4.48. The summed E-state index contributed by atoms with van der Waals surface area (Å²) in [6.45, 7) is 0.636. The van der Waals surface area contributed by atoms with Crippen LogP contribution in [0.1, 0.15) is 16.8 Å². The zero-order valence-corrected chi connectivity index (χ0v) is 9.22. The Morgan fingerprint density at radius 1 is 1.71 bits per heavy atom. The summed E-state index contributed by atoms with van der Waals surface area (Å²) in [5.41, 5.74) is -0.0643. The Labute approximate surface area is 97.2 Å². The molecule has 0 N–H and O–H groups in total. The van der Waals surface area contributed by atoms with Crippen molar-refractivity contribution in [3.8, 4) is 0 Å². The van der Waals surface area contributed by atoms with Crippen molar-refractivity contribution < 1.29 is 18.7 Å². The normalized spacial score (nSPS) is 18.5. The number of carbonyl (C=O) groups is 2. The molecule has 0 saturated carbocycles. The lowest BCUT2D eigenvalue weighted by molar-refractivity contribution is -0.143. The highest BCUT2D eigenvalue weighted by atomic mass is 19.1. The zero-order valence-electron chi connectivity index (χ0n) is 9.22. The Kier molecular flexibility index (Phi) is 3.03. The Bertz CT molecular complexity index is 464. The van der Waals surface area contributed by atoms with Crippen LogP contribution in [-0.4, -0.2) is 36.9 Å². The number of ether oxygens (including phenoxy) is 1. The van der Waals surface area contributed by atoms with Gasteiger partial charge >= 0.3 is 5.97 Å². The third-order valence-corrected chi connectivity index (χ3v) is 2.78. The SMILES string of the molecule is COC(=O)C1CCN1c1cc(C=O)c(F)cn1. The molecule has 6 heteroatoms. The highest BCUT2D eigenvalue weighted by Crippen LogP contribution is 2.26. The maximum absolute atomic E-state index is 13.1. The molecule has 2 heterocycles. The van der Waals surface area contributed by atoms with Crippen LogP contribution >= 0.6 is 0 Å². The lowest BCUT2D eigenvalue weighted by Gasteiger charge is -2.39. The average Bonchev–Trinajstić information content (AvgIpc) is 2.29. The van der Waals surface area contributed by atoms with Gasteiger partial charge in [0.1, 0.15) is 11.9 Å². The van der Waals surface area contributed by atoms with E-state index in [0.717, 1.165) is 6.20 Å². The molecule has 0 aromatic carbocycles.